The summed E-state index contributed by atoms with van der Waals surface area (Å²) < 4.78 is 67.3. The second kappa shape index (κ2) is 9.91. The number of piperidine rings is 1. The number of rotatable bonds is 7. The van der Waals surface area contributed by atoms with Crippen LogP contribution in [0.4, 0.5) is 13.2 Å². The fourth-order valence-electron chi connectivity index (χ4n) is 3.59. The van der Waals surface area contributed by atoms with E-state index in [4.69, 9.17) is 4.74 Å². The minimum atomic E-state index is -4.86. The van der Waals surface area contributed by atoms with Crippen LogP contribution in [0.15, 0.2) is 47.5 Å². The molecular formula is C23H27F3N2O5S. The van der Waals surface area contributed by atoms with Gasteiger partial charge in [-0.1, -0.05) is 12.1 Å². The highest BCUT2D eigenvalue weighted by atomic mass is 32.2. The van der Waals surface area contributed by atoms with Gasteiger partial charge in [-0.05, 0) is 49.4 Å². The largest absolute Gasteiger partial charge is 0.477 e. The van der Waals surface area contributed by atoms with E-state index in [1.165, 1.54) is 17.0 Å². The van der Waals surface area contributed by atoms with Crippen LogP contribution in [0.2, 0.25) is 0 Å². The number of sulfone groups is 1. The van der Waals surface area contributed by atoms with Crippen LogP contribution in [0.25, 0.3) is 11.1 Å². The van der Waals surface area contributed by atoms with Gasteiger partial charge in [-0.25, -0.2) is 13.4 Å². The first kappa shape index (κ1) is 26.0. The summed E-state index contributed by atoms with van der Waals surface area (Å²) >= 11 is 0. The fourth-order valence-corrected chi connectivity index (χ4v) is 4.22. The Morgan fingerprint density at radius 2 is 1.71 bits per heavy atom. The van der Waals surface area contributed by atoms with E-state index in [0.717, 1.165) is 17.4 Å². The van der Waals surface area contributed by atoms with Crippen molar-refractivity contribution in [1.29, 1.82) is 0 Å². The van der Waals surface area contributed by atoms with Crippen LogP contribution in [-0.4, -0.2) is 67.0 Å². The van der Waals surface area contributed by atoms with E-state index in [9.17, 15) is 31.5 Å². The molecule has 1 amide bonds. The third-order valence-corrected chi connectivity index (χ3v) is 7.02. The first-order valence-electron chi connectivity index (χ1n) is 10.7. The molecule has 0 bridgehead atoms. The molecule has 0 spiro atoms. The van der Waals surface area contributed by atoms with Crippen LogP contribution in [0.3, 0.4) is 0 Å². The molecule has 1 aromatic carbocycles. The molecule has 1 N–H and O–H groups in total. The number of halogens is 3. The average molecular weight is 501 g/mol. The molecule has 1 atom stereocenters. The molecule has 0 saturated carbocycles. The third-order valence-electron chi connectivity index (χ3n) is 5.89. The van der Waals surface area contributed by atoms with Gasteiger partial charge in [-0.3, -0.25) is 4.79 Å². The minimum absolute atomic E-state index is 0.122. The molecule has 1 aliphatic heterocycles. The smallest absolute Gasteiger partial charge is 0.417 e. The number of pyridine rings is 1. The fraction of sp³-hybridized carbons (Fsp3) is 0.478. The SMILES string of the molecule is CC(O)(CC(=O)N1CCC(COc2ccc(-c3ccc(S(C)(=O)=O)cc3)cn2)CC1)C(F)(F)F. The van der Waals surface area contributed by atoms with Crippen molar-refractivity contribution in [1.82, 2.24) is 9.88 Å². The number of ether oxygens (including phenoxy) is 1. The Labute approximate surface area is 196 Å². The molecule has 0 radical (unpaired) electrons. The quantitative estimate of drug-likeness (QED) is 0.626. The number of hydrogen-bond acceptors (Lipinski definition) is 6. The lowest BCUT2D eigenvalue weighted by molar-refractivity contribution is -0.254. The molecule has 0 aliphatic carbocycles. The number of amides is 1. The van der Waals surface area contributed by atoms with E-state index < -0.39 is 33.9 Å². The number of alkyl halides is 3. The van der Waals surface area contributed by atoms with Crippen LogP contribution < -0.4 is 4.74 Å². The van der Waals surface area contributed by atoms with Gasteiger partial charge in [0.2, 0.25) is 11.8 Å². The predicted molar refractivity (Wildman–Crippen MR) is 119 cm³/mol. The number of carbonyl (C=O) groups excluding carboxylic acids is 1. The van der Waals surface area contributed by atoms with Gasteiger partial charge in [0, 0.05) is 37.2 Å². The maximum Gasteiger partial charge on any atom is 0.417 e. The Balaban J connectivity index is 1.47. The highest BCUT2D eigenvalue weighted by Crippen LogP contribution is 2.33. The lowest BCUT2D eigenvalue weighted by atomic mass is 9.95. The molecule has 1 unspecified atom stereocenters. The zero-order valence-corrected chi connectivity index (χ0v) is 19.7. The Morgan fingerprint density at radius 1 is 1.12 bits per heavy atom. The summed E-state index contributed by atoms with van der Waals surface area (Å²) in [7, 11) is -3.26. The van der Waals surface area contributed by atoms with Crippen LogP contribution in [0, 0.1) is 5.92 Å². The molecule has 1 fully saturated rings. The normalized spacial score (nSPS) is 17.3. The van der Waals surface area contributed by atoms with Crippen molar-refractivity contribution in [2.75, 3.05) is 26.0 Å². The lowest BCUT2D eigenvalue weighted by Gasteiger charge is -2.34. The number of aromatic nitrogens is 1. The van der Waals surface area contributed by atoms with Gasteiger partial charge in [-0.15, -0.1) is 0 Å². The number of hydrogen-bond donors (Lipinski definition) is 1. The number of likely N-dealkylation sites (tertiary alicyclic amines) is 1. The monoisotopic (exact) mass is 500 g/mol. The Hall–Kier alpha value is -2.66. The summed E-state index contributed by atoms with van der Waals surface area (Å²) in [5.74, 6) is -0.183. The maximum atomic E-state index is 12.8. The topological polar surface area (TPSA) is 96.8 Å². The molecule has 2 heterocycles. The summed E-state index contributed by atoms with van der Waals surface area (Å²) in [5, 5.41) is 9.53. The second-order valence-electron chi connectivity index (χ2n) is 8.77. The average Bonchev–Trinajstić information content (AvgIpc) is 2.77. The van der Waals surface area contributed by atoms with E-state index in [0.29, 0.717) is 45.3 Å². The van der Waals surface area contributed by atoms with E-state index in [-0.39, 0.29) is 10.8 Å². The van der Waals surface area contributed by atoms with Crippen molar-refractivity contribution < 1.29 is 36.2 Å². The highest BCUT2D eigenvalue weighted by Gasteiger charge is 2.51. The summed E-state index contributed by atoms with van der Waals surface area (Å²) in [6, 6.07) is 10.0. The summed E-state index contributed by atoms with van der Waals surface area (Å²) in [6.07, 6.45) is -1.94. The van der Waals surface area contributed by atoms with Crippen LogP contribution in [0.1, 0.15) is 26.2 Å². The molecule has 34 heavy (non-hydrogen) atoms. The minimum Gasteiger partial charge on any atom is -0.477 e. The number of aliphatic hydroxyl groups is 1. The molecule has 7 nitrogen and oxygen atoms in total. The summed E-state index contributed by atoms with van der Waals surface area (Å²) in [5.41, 5.74) is -1.43. The van der Waals surface area contributed by atoms with E-state index in [2.05, 4.69) is 4.98 Å². The second-order valence-corrected chi connectivity index (χ2v) is 10.8. The first-order valence-corrected chi connectivity index (χ1v) is 12.6. The van der Waals surface area contributed by atoms with Crippen molar-refractivity contribution >= 4 is 15.7 Å². The van der Waals surface area contributed by atoms with Gasteiger partial charge in [0.1, 0.15) is 0 Å². The molecule has 3 rings (SSSR count). The van der Waals surface area contributed by atoms with Crippen molar-refractivity contribution in [3.05, 3.63) is 42.6 Å². The Morgan fingerprint density at radius 3 is 2.21 bits per heavy atom. The van der Waals surface area contributed by atoms with Gasteiger partial charge >= 0.3 is 6.18 Å². The van der Waals surface area contributed by atoms with Gasteiger partial charge in [0.15, 0.2) is 15.4 Å². The van der Waals surface area contributed by atoms with Crippen molar-refractivity contribution in [2.24, 2.45) is 5.92 Å². The predicted octanol–water partition coefficient (Wildman–Crippen LogP) is 3.47. The van der Waals surface area contributed by atoms with Gasteiger partial charge < -0.3 is 14.7 Å². The highest BCUT2D eigenvalue weighted by molar-refractivity contribution is 7.90. The van der Waals surface area contributed by atoms with E-state index in [1.807, 2.05) is 6.07 Å². The zero-order valence-electron chi connectivity index (χ0n) is 18.9. The Bertz CT molecular complexity index is 1090. The standard InChI is InChI=1S/C23H27F3N2O5S/c1-22(30,23(24,25)26)13-21(29)28-11-9-16(10-12-28)15-33-20-8-5-18(14-27-20)17-3-6-19(7-4-17)34(2,31)32/h3-8,14,16,30H,9-13,15H2,1-2H3. The molecule has 1 aromatic heterocycles. The number of benzene rings is 1. The third kappa shape index (κ3) is 6.47. The molecule has 186 valence electrons. The molecule has 11 heteroatoms. The zero-order chi connectivity index (χ0) is 25.1. The van der Waals surface area contributed by atoms with Crippen molar-refractivity contribution in [3.63, 3.8) is 0 Å². The first-order chi connectivity index (χ1) is 15.8. The molecule has 1 saturated heterocycles. The van der Waals surface area contributed by atoms with E-state index >= 15 is 0 Å². The van der Waals surface area contributed by atoms with Gasteiger partial charge in [0.25, 0.3) is 0 Å². The molecular weight excluding hydrogens is 473 g/mol. The van der Waals surface area contributed by atoms with Crippen LogP contribution >= 0.6 is 0 Å². The summed E-state index contributed by atoms with van der Waals surface area (Å²) in [4.78, 5) is 18.0. The van der Waals surface area contributed by atoms with Crippen LogP contribution in [0.5, 0.6) is 5.88 Å². The number of nitrogens with zero attached hydrogens (tertiary/aromatic N) is 2. The molecule has 2 aromatic rings. The maximum absolute atomic E-state index is 12.8. The number of carbonyl (C=O) groups is 1. The lowest BCUT2D eigenvalue weighted by Crippen LogP contribution is -2.48. The van der Waals surface area contributed by atoms with Crippen molar-refractivity contribution in [2.45, 2.75) is 42.9 Å². The molecule has 1 aliphatic rings. The van der Waals surface area contributed by atoms with Crippen LogP contribution in [-0.2, 0) is 14.6 Å². The van der Waals surface area contributed by atoms with Gasteiger partial charge in [0.05, 0.1) is 17.9 Å². The Kier molecular flexibility index (Phi) is 7.56. The van der Waals surface area contributed by atoms with Crippen molar-refractivity contribution in [3.8, 4) is 17.0 Å². The van der Waals surface area contributed by atoms with Gasteiger partial charge in [-0.2, -0.15) is 13.2 Å². The summed E-state index contributed by atoms with van der Waals surface area (Å²) in [6.45, 7) is 1.57. The van der Waals surface area contributed by atoms with E-state index in [1.54, 1.807) is 24.4 Å².